The molecule has 0 unspecified atom stereocenters. The third kappa shape index (κ3) is 11.6. The number of nitriles is 5. The van der Waals surface area contributed by atoms with Crippen LogP contribution in [0.1, 0.15) is 103 Å². The van der Waals surface area contributed by atoms with Crippen molar-refractivity contribution in [2.75, 3.05) is 0 Å². The highest BCUT2D eigenvalue weighted by molar-refractivity contribution is 7.28. The zero-order chi connectivity index (χ0) is 91.3. The second-order valence-electron chi connectivity index (χ2n) is 37.0. The SMILES string of the molecule is CC1(C)c2ccccc2-c2c1ccc1c2sc2c(-c3ccc(C#N)cc3-n3c4ccccc4c4cc(C#N)ccc43)cccc21.CC1(C)c2ccccc2-c2c1ccc1c2sc2c(-c3cccc(C#N)c3-n3c4ccccc4c4cc(C#N)ccc43)cccc21.[C-]#[N+]c1ccc(-n2c3ccccc3c3cc(C#N)ccc32)c(-c2cccc3c2sc2c4c(ccc23)C(C)(C)c2ccccc2-4)c1. The first kappa shape index (κ1) is 80.1. The highest BCUT2D eigenvalue weighted by atomic mass is 32.1. The monoisotopic (exact) mass is 1770 g/mol. The molecule has 0 saturated heterocycles. The van der Waals surface area contributed by atoms with Crippen molar-refractivity contribution in [3.63, 3.8) is 0 Å². The van der Waals surface area contributed by atoms with Crippen molar-refractivity contribution < 1.29 is 0 Å². The van der Waals surface area contributed by atoms with Gasteiger partial charge in [0, 0.05) is 154 Å². The number of hydrogen-bond donors (Lipinski definition) is 0. The van der Waals surface area contributed by atoms with E-state index in [0.717, 1.165) is 116 Å². The normalized spacial score (nSPS) is 13.2. The second kappa shape index (κ2) is 30.0. The van der Waals surface area contributed by atoms with Crippen LogP contribution in [0.5, 0.6) is 0 Å². The Bertz CT molecular complexity index is 9540. The van der Waals surface area contributed by atoms with Crippen LogP contribution in [0.3, 0.4) is 0 Å². The average molecular weight is 1780 g/mol. The summed E-state index contributed by atoms with van der Waals surface area (Å²) in [5, 5.41) is 63.3. The van der Waals surface area contributed by atoms with Crippen molar-refractivity contribution in [1.29, 1.82) is 26.3 Å². The molecule has 6 aromatic heterocycles. The molecule has 9 nitrogen and oxygen atoms in total. The Labute approximate surface area is 789 Å². The molecule has 135 heavy (non-hydrogen) atoms. The predicted octanol–water partition coefficient (Wildman–Crippen LogP) is 33.3. The lowest BCUT2D eigenvalue weighted by atomic mass is 9.82. The van der Waals surface area contributed by atoms with Gasteiger partial charge >= 0.3 is 0 Å². The molecule has 0 bridgehead atoms. The van der Waals surface area contributed by atoms with Crippen LogP contribution in [0.2, 0.25) is 0 Å². The lowest BCUT2D eigenvalue weighted by Gasteiger charge is -2.21. The van der Waals surface area contributed by atoms with E-state index in [1.165, 1.54) is 127 Å². The summed E-state index contributed by atoms with van der Waals surface area (Å²) in [5.74, 6) is 0. The van der Waals surface area contributed by atoms with E-state index < -0.39 is 0 Å². The van der Waals surface area contributed by atoms with Gasteiger partial charge in [0.15, 0.2) is 5.69 Å². The summed E-state index contributed by atoms with van der Waals surface area (Å²) >= 11 is 5.59. The van der Waals surface area contributed by atoms with Crippen molar-refractivity contribution in [2.24, 2.45) is 0 Å². The van der Waals surface area contributed by atoms with Gasteiger partial charge in [0.2, 0.25) is 0 Å². The molecule has 27 rings (SSSR count). The summed E-state index contributed by atoms with van der Waals surface area (Å²) in [6.07, 6.45) is 0. The molecule has 24 aromatic rings. The Morgan fingerprint density at radius 3 is 0.985 bits per heavy atom. The highest BCUT2D eigenvalue weighted by Gasteiger charge is 2.41. The van der Waals surface area contributed by atoms with Crippen LogP contribution in [0, 0.1) is 63.2 Å². The molecule has 3 aliphatic carbocycles. The van der Waals surface area contributed by atoms with E-state index in [1.54, 1.807) is 0 Å². The van der Waals surface area contributed by atoms with Gasteiger partial charge in [-0.05, 0) is 159 Å². The molecule has 18 aromatic carbocycles. The first-order valence-corrected chi connectivity index (χ1v) is 47.6. The van der Waals surface area contributed by atoms with Crippen molar-refractivity contribution in [1.82, 2.24) is 13.7 Å². The number of benzene rings is 18. The first-order chi connectivity index (χ1) is 66.0. The lowest BCUT2D eigenvalue weighted by molar-refractivity contribution is 0.661. The van der Waals surface area contributed by atoms with Crippen LogP contribution < -0.4 is 0 Å². The molecule has 0 amide bonds. The fourth-order valence-electron chi connectivity index (χ4n) is 22.8. The van der Waals surface area contributed by atoms with Crippen molar-refractivity contribution in [3.8, 4) is 114 Å². The van der Waals surface area contributed by atoms with Crippen LogP contribution in [0.4, 0.5) is 5.69 Å². The smallest absolute Gasteiger partial charge is 0.188 e. The Kier molecular flexibility index (Phi) is 17.8. The number of rotatable bonds is 6. The quantitative estimate of drug-likeness (QED) is 0.153. The van der Waals surface area contributed by atoms with Gasteiger partial charge in [0.05, 0.1) is 109 Å². The first-order valence-electron chi connectivity index (χ1n) is 45.2. The van der Waals surface area contributed by atoms with Crippen molar-refractivity contribution in [3.05, 3.63) is 418 Å². The average Bonchev–Trinajstić information content (AvgIpc) is 1.55. The van der Waals surface area contributed by atoms with Crippen LogP contribution in [0.15, 0.2) is 346 Å². The van der Waals surface area contributed by atoms with Gasteiger partial charge in [-0.3, -0.25) is 0 Å². The second-order valence-corrected chi connectivity index (χ2v) is 40.1. The Morgan fingerprint density at radius 1 is 0.237 bits per heavy atom. The van der Waals surface area contributed by atoms with E-state index in [1.807, 2.05) is 155 Å². The minimum Gasteiger partial charge on any atom is -0.309 e. The number of para-hydroxylation sites is 4. The van der Waals surface area contributed by atoms with Gasteiger partial charge in [-0.2, -0.15) is 26.3 Å². The highest BCUT2D eigenvalue weighted by Crippen LogP contribution is 2.60. The number of thiophene rings is 3. The summed E-state index contributed by atoms with van der Waals surface area (Å²) in [6, 6.07) is 133. The van der Waals surface area contributed by atoms with Crippen molar-refractivity contribution in [2.45, 2.75) is 57.8 Å². The molecule has 0 atom stereocenters. The van der Waals surface area contributed by atoms with Crippen molar-refractivity contribution >= 4 is 166 Å². The predicted molar refractivity (Wildman–Crippen MR) is 560 cm³/mol. The van der Waals surface area contributed by atoms with E-state index in [-0.39, 0.29) is 16.2 Å². The fourth-order valence-corrected chi connectivity index (χ4v) is 26.9. The summed E-state index contributed by atoms with van der Waals surface area (Å²) in [7, 11) is 0. The largest absolute Gasteiger partial charge is 0.309 e. The summed E-state index contributed by atoms with van der Waals surface area (Å²) < 4.78 is 14.4. The third-order valence-corrected chi connectivity index (χ3v) is 32.8. The van der Waals surface area contributed by atoms with Gasteiger partial charge in [-0.1, -0.05) is 284 Å². The van der Waals surface area contributed by atoms with Crippen LogP contribution in [-0.2, 0) is 16.2 Å². The standard InChI is InChI=1S/3C41H25N3S/c1-41(2)33-13-6-4-10-30(33)38-34(41)18-17-29-27-11-8-12-28(39(27)45-40(29)38)32-22-25(43-3)16-20-37(32)44-35-14-7-5-9-26(35)31-21-24(23-42)15-19-36(31)44;1-41(2)33-15-5-3-11-31(33)37-34(41)19-18-30-29-14-8-13-28(39(29)45-40(30)37)27-12-7-9-25(23-43)38(27)44-35-16-6-4-10-26(35)32-21-24(22-42)17-20-36(32)44;1-41(2)33-12-5-3-9-31(33)38-34(41)18-17-30-29-11-7-10-28(39(29)45-40(30)38)27-16-14-25(23-43)21-37(27)44-35-13-6-4-8-26(35)32-20-24(22-42)15-19-36(32)44/h4-22H,1-2H3;2*3-21H,1-2H3. The minimum absolute atomic E-state index is 0.0542. The molecule has 3 aliphatic rings. The maximum absolute atomic E-state index is 10.5. The molecular formula is C123H75N9S3. The minimum atomic E-state index is -0.0602. The number of aromatic nitrogens is 3. The van der Waals surface area contributed by atoms with Gasteiger partial charge in [0.25, 0.3) is 0 Å². The molecule has 6 heterocycles. The van der Waals surface area contributed by atoms with Crippen LogP contribution >= 0.6 is 34.0 Å². The maximum Gasteiger partial charge on any atom is 0.188 e. The summed E-state index contributed by atoms with van der Waals surface area (Å²) in [4.78, 5) is 3.85. The van der Waals surface area contributed by atoms with E-state index in [0.29, 0.717) is 33.5 Å². The third-order valence-electron chi connectivity index (χ3n) is 29.0. The molecule has 630 valence electrons. The van der Waals surface area contributed by atoms with Crippen LogP contribution in [0.25, 0.3) is 215 Å². The van der Waals surface area contributed by atoms with E-state index in [9.17, 15) is 26.3 Å². The van der Waals surface area contributed by atoms with Gasteiger partial charge < -0.3 is 13.7 Å². The number of fused-ring (bicyclic) bond motifs is 30. The van der Waals surface area contributed by atoms with Crippen LogP contribution in [-0.4, -0.2) is 13.7 Å². The molecule has 0 spiro atoms. The number of nitrogens with zero attached hydrogens (tertiary/aromatic N) is 9. The lowest BCUT2D eigenvalue weighted by Crippen LogP contribution is -2.14. The Hall–Kier alpha value is -17.0. The van der Waals surface area contributed by atoms with E-state index in [2.05, 4.69) is 315 Å². The Morgan fingerprint density at radius 2 is 0.563 bits per heavy atom. The molecule has 0 aliphatic heterocycles. The van der Waals surface area contributed by atoms with Gasteiger partial charge in [-0.25, -0.2) is 4.85 Å². The zero-order valence-electron chi connectivity index (χ0n) is 74.2. The van der Waals surface area contributed by atoms with Gasteiger partial charge in [0.1, 0.15) is 6.07 Å². The van der Waals surface area contributed by atoms with E-state index >= 15 is 0 Å². The number of hydrogen-bond acceptors (Lipinski definition) is 8. The zero-order valence-corrected chi connectivity index (χ0v) is 76.6. The molecule has 0 saturated carbocycles. The van der Waals surface area contributed by atoms with E-state index in [4.69, 9.17) is 6.57 Å². The molecule has 0 N–H and O–H groups in total. The summed E-state index contributed by atoms with van der Waals surface area (Å²) in [6.45, 7) is 21.9. The summed E-state index contributed by atoms with van der Waals surface area (Å²) in [5.41, 5.74) is 35.3. The Balaban J connectivity index is 0.000000108. The topological polar surface area (TPSA) is 138 Å². The molecule has 0 radical (unpaired) electrons. The molecule has 0 fully saturated rings. The molecule has 12 heteroatoms. The fraction of sp³-hybridized carbons (Fsp3) is 0.0732. The van der Waals surface area contributed by atoms with Gasteiger partial charge in [-0.15, -0.1) is 34.0 Å². The molecular weight excluding hydrogens is 1700 g/mol. The maximum atomic E-state index is 10.5.